The lowest BCUT2D eigenvalue weighted by atomic mass is 9.95. The molecule has 3 rings (SSSR count). The number of ether oxygens (including phenoxy) is 1. The molecule has 0 unspecified atom stereocenters. The average Bonchev–Trinajstić information content (AvgIpc) is 2.98. The van der Waals surface area contributed by atoms with E-state index in [1.165, 1.54) is 37.5 Å². The Kier molecular flexibility index (Phi) is 5.20. The lowest BCUT2D eigenvalue weighted by Crippen LogP contribution is -2.16. The quantitative estimate of drug-likeness (QED) is 0.459. The maximum Gasteiger partial charge on any atom is 0.341 e. The van der Waals surface area contributed by atoms with Crippen LogP contribution in [0.25, 0.3) is 0 Å². The van der Waals surface area contributed by atoms with E-state index in [-0.39, 0.29) is 21.1 Å². The molecular formula is C17H18N2O6S2. The number of benzene rings is 1. The van der Waals surface area contributed by atoms with Gasteiger partial charge in [-0.2, -0.15) is 0 Å². The fourth-order valence-corrected chi connectivity index (χ4v) is 5.69. The van der Waals surface area contributed by atoms with Crippen molar-refractivity contribution >= 4 is 38.0 Å². The molecule has 0 aliphatic heterocycles. The van der Waals surface area contributed by atoms with Gasteiger partial charge in [0, 0.05) is 16.5 Å². The first-order chi connectivity index (χ1) is 12.7. The third-order valence-corrected chi connectivity index (χ3v) is 7.16. The molecule has 0 bridgehead atoms. The van der Waals surface area contributed by atoms with Crippen LogP contribution in [0.5, 0.6) is 0 Å². The van der Waals surface area contributed by atoms with Crippen LogP contribution in [0.3, 0.4) is 0 Å². The number of carbonyl (C=O) groups is 1. The van der Waals surface area contributed by atoms with E-state index in [1.54, 1.807) is 0 Å². The highest BCUT2D eigenvalue weighted by atomic mass is 32.2. The van der Waals surface area contributed by atoms with Gasteiger partial charge < -0.3 is 4.74 Å². The number of aryl methyl sites for hydroxylation is 2. The molecule has 0 amide bonds. The van der Waals surface area contributed by atoms with Gasteiger partial charge in [0.1, 0.15) is 5.00 Å². The second-order valence-corrected chi connectivity index (χ2v) is 9.01. The second-order valence-electron chi connectivity index (χ2n) is 6.22. The first kappa shape index (κ1) is 19.3. The molecular weight excluding hydrogens is 392 g/mol. The number of hydrogen-bond acceptors (Lipinski definition) is 7. The summed E-state index contributed by atoms with van der Waals surface area (Å²) in [5.41, 5.74) is 1.14. The number of nitrogens with zero attached hydrogens (tertiary/aromatic N) is 1. The summed E-state index contributed by atoms with van der Waals surface area (Å²) in [4.78, 5) is 23.4. The van der Waals surface area contributed by atoms with Gasteiger partial charge in [0.05, 0.1) is 22.5 Å². The summed E-state index contributed by atoms with van der Waals surface area (Å²) in [6.07, 6.45) is 3.37. The van der Waals surface area contributed by atoms with Gasteiger partial charge in [0.2, 0.25) is 0 Å². The number of nitro benzene ring substituents is 1. The highest BCUT2D eigenvalue weighted by Crippen LogP contribution is 2.39. The number of carbonyl (C=O) groups excluding carboxylic acids is 1. The van der Waals surface area contributed by atoms with E-state index in [0.29, 0.717) is 12.0 Å². The maximum absolute atomic E-state index is 12.8. The lowest BCUT2D eigenvalue weighted by molar-refractivity contribution is -0.385. The van der Waals surface area contributed by atoms with E-state index in [2.05, 4.69) is 4.72 Å². The Morgan fingerprint density at radius 1 is 1.30 bits per heavy atom. The van der Waals surface area contributed by atoms with Gasteiger partial charge in [-0.05, 0) is 44.2 Å². The molecule has 1 aliphatic carbocycles. The van der Waals surface area contributed by atoms with Crippen LogP contribution in [-0.4, -0.2) is 26.4 Å². The molecule has 2 aromatic rings. The number of fused-ring (bicyclic) bond motifs is 1. The Morgan fingerprint density at radius 3 is 2.67 bits per heavy atom. The van der Waals surface area contributed by atoms with Crippen LogP contribution in [0.2, 0.25) is 0 Å². The fraction of sp³-hybridized carbons (Fsp3) is 0.353. The number of methoxy groups -OCH3 is 1. The van der Waals surface area contributed by atoms with Crippen molar-refractivity contribution in [1.29, 1.82) is 0 Å². The molecule has 1 aromatic heterocycles. The molecule has 0 spiro atoms. The van der Waals surface area contributed by atoms with Gasteiger partial charge in [0.15, 0.2) is 0 Å². The number of thiophene rings is 1. The fourth-order valence-electron chi connectivity index (χ4n) is 3.09. The Hall–Kier alpha value is -2.46. The van der Waals surface area contributed by atoms with E-state index in [4.69, 9.17) is 4.74 Å². The van der Waals surface area contributed by atoms with E-state index < -0.39 is 20.9 Å². The monoisotopic (exact) mass is 410 g/mol. The van der Waals surface area contributed by atoms with Crippen LogP contribution in [-0.2, 0) is 27.6 Å². The van der Waals surface area contributed by atoms with Crippen LogP contribution >= 0.6 is 11.3 Å². The zero-order chi connectivity index (χ0) is 19.8. The topological polar surface area (TPSA) is 116 Å². The van der Waals surface area contributed by atoms with Gasteiger partial charge >= 0.3 is 5.97 Å². The minimum atomic E-state index is -4.10. The van der Waals surface area contributed by atoms with Gasteiger partial charge in [0.25, 0.3) is 15.7 Å². The van der Waals surface area contributed by atoms with Crippen molar-refractivity contribution in [1.82, 2.24) is 0 Å². The molecule has 10 heteroatoms. The Morgan fingerprint density at radius 2 is 2.00 bits per heavy atom. The minimum Gasteiger partial charge on any atom is -0.465 e. The maximum atomic E-state index is 12.8. The second kappa shape index (κ2) is 7.28. The number of nitro groups is 1. The van der Waals surface area contributed by atoms with E-state index in [9.17, 15) is 23.3 Å². The molecule has 0 atom stereocenters. The molecule has 1 aromatic carbocycles. The highest BCUT2D eigenvalue weighted by molar-refractivity contribution is 7.93. The molecule has 0 fully saturated rings. The van der Waals surface area contributed by atoms with Crippen molar-refractivity contribution in [2.24, 2.45) is 0 Å². The van der Waals surface area contributed by atoms with Gasteiger partial charge in [-0.1, -0.05) is 6.07 Å². The summed E-state index contributed by atoms with van der Waals surface area (Å²) in [6.45, 7) is 1.53. The molecule has 1 N–H and O–H groups in total. The van der Waals surface area contributed by atoms with Crippen LogP contribution in [0, 0.1) is 17.0 Å². The van der Waals surface area contributed by atoms with Crippen molar-refractivity contribution in [2.45, 2.75) is 37.5 Å². The zero-order valence-electron chi connectivity index (χ0n) is 14.8. The smallest absolute Gasteiger partial charge is 0.341 e. The predicted octanol–water partition coefficient (Wildman–Crippen LogP) is 3.43. The highest BCUT2D eigenvalue weighted by Gasteiger charge is 2.29. The number of nitrogens with one attached hydrogen (secondary N) is 1. The first-order valence-electron chi connectivity index (χ1n) is 8.25. The number of sulfonamides is 1. The molecule has 1 heterocycles. The minimum absolute atomic E-state index is 0.192. The summed E-state index contributed by atoms with van der Waals surface area (Å²) in [5, 5.41) is 11.3. The van der Waals surface area contributed by atoms with Gasteiger partial charge in [-0.15, -0.1) is 11.3 Å². The standard InChI is InChI=1S/C17H18N2O6S2/c1-10-7-8-11(9-13(10)19(21)22)27(23,24)18-16-15(17(20)25-2)12-5-3-4-6-14(12)26-16/h7-9,18H,3-6H2,1-2H3. The third-order valence-electron chi connectivity index (χ3n) is 4.48. The van der Waals surface area contributed by atoms with Crippen molar-refractivity contribution in [3.05, 3.63) is 49.9 Å². The number of hydrogen-bond donors (Lipinski definition) is 1. The third kappa shape index (κ3) is 3.67. The normalized spacial score (nSPS) is 13.7. The van der Waals surface area contributed by atoms with Crippen molar-refractivity contribution < 1.29 is 22.9 Å². The van der Waals surface area contributed by atoms with Crippen LogP contribution in [0.4, 0.5) is 10.7 Å². The lowest BCUT2D eigenvalue weighted by Gasteiger charge is -2.12. The first-order valence-corrected chi connectivity index (χ1v) is 10.5. The van der Waals surface area contributed by atoms with Crippen molar-refractivity contribution in [3.8, 4) is 0 Å². The number of anilines is 1. The molecule has 0 saturated heterocycles. The van der Waals surface area contributed by atoms with E-state index >= 15 is 0 Å². The molecule has 0 saturated carbocycles. The summed E-state index contributed by atoms with van der Waals surface area (Å²) < 4.78 is 32.8. The van der Waals surface area contributed by atoms with Gasteiger partial charge in [-0.3, -0.25) is 14.8 Å². The largest absolute Gasteiger partial charge is 0.465 e. The molecule has 144 valence electrons. The zero-order valence-corrected chi connectivity index (χ0v) is 16.4. The van der Waals surface area contributed by atoms with Crippen molar-refractivity contribution in [3.63, 3.8) is 0 Å². The Bertz CT molecular complexity index is 1030. The van der Waals surface area contributed by atoms with E-state index in [1.807, 2.05) is 0 Å². The summed E-state index contributed by atoms with van der Waals surface area (Å²) in [6, 6.07) is 3.70. The Balaban J connectivity index is 2.04. The predicted molar refractivity (Wildman–Crippen MR) is 101 cm³/mol. The summed E-state index contributed by atoms with van der Waals surface area (Å²) in [7, 11) is -2.85. The molecule has 1 aliphatic rings. The summed E-state index contributed by atoms with van der Waals surface area (Å²) in [5.74, 6) is -0.595. The number of rotatable bonds is 5. The number of esters is 1. The summed E-state index contributed by atoms with van der Waals surface area (Å²) >= 11 is 1.22. The van der Waals surface area contributed by atoms with E-state index in [0.717, 1.165) is 35.8 Å². The van der Waals surface area contributed by atoms with Crippen LogP contribution < -0.4 is 4.72 Å². The molecule has 27 heavy (non-hydrogen) atoms. The molecule has 0 radical (unpaired) electrons. The van der Waals surface area contributed by atoms with Crippen LogP contribution in [0.1, 0.15) is 39.2 Å². The Labute approximate surface area is 160 Å². The SMILES string of the molecule is COC(=O)c1c(NS(=O)(=O)c2ccc(C)c([N+](=O)[O-])c2)sc2c1CCCC2. The van der Waals surface area contributed by atoms with Gasteiger partial charge in [-0.25, -0.2) is 13.2 Å². The average molecular weight is 410 g/mol. The van der Waals surface area contributed by atoms with Crippen molar-refractivity contribution in [2.75, 3.05) is 11.8 Å². The van der Waals surface area contributed by atoms with Crippen LogP contribution in [0.15, 0.2) is 23.1 Å². The molecule has 8 nitrogen and oxygen atoms in total.